The summed E-state index contributed by atoms with van der Waals surface area (Å²) in [6, 6.07) is 5.69. The van der Waals surface area contributed by atoms with Crippen molar-refractivity contribution in [2.75, 3.05) is 20.2 Å². The lowest BCUT2D eigenvalue weighted by Crippen LogP contribution is -2.19. The molecule has 1 aliphatic rings. The number of carbonyl (C=O) groups excluding carboxylic acids is 1. The second-order valence-electron chi connectivity index (χ2n) is 3.73. The second-order valence-corrected chi connectivity index (χ2v) is 3.73. The summed E-state index contributed by atoms with van der Waals surface area (Å²) in [5.41, 5.74) is 1.93. The van der Waals surface area contributed by atoms with Gasteiger partial charge in [-0.1, -0.05) is 0 Å². The lowest BCUT2D eigenvalue weighted by atomic mass is 10.0. The van der Waals surface area contributed by atoms with Crippen molar-refractivity contribution in [1.82, 2.24) is 5.32 Å². The lowest BCUT2D eigenvalue weighted by molar-refractivity contribution is 0.0993. The van der Waals surface area contributed by atoms with E-state index in [9.17, 15) is 4.79 Å². The van der Waals surface area contributed by atoms with Crippen LogP contribution in [0.15, 0.2) is 18.2 Å². The summed E-state index contributed by atoms with van der Waals surface area (Å²) in [4.78, 5) is 11.6. The molecule has 15 heavy (non-hydrogen) atoms. The molecular weight excluding hydrogens is 190 g/mol. The molecule has 0 radical (unpaired) electrons. The van der Waals surface area contributed by atoms with Gasteiger partial charge in [0.05, 0.1) is 13.2 Å². The molecule has 0 saturated carbocycles. The number of hydrogen-bond donors (Lipinski definition) is 1. The summed E-state index contributed by atoms with van der Waals surface area (Å²) in [6.45, 7) is 1.18. The fourth-order valence-electron chi connectivity index (χ4n) is 1.80. The van der Waals surface area contributed by atoms with Crippen LogP contribution in [0, 0.1) is 0 Å². The van der Waals surface area contributed by atoms with Crippen molar-refractivity contribution in [3.05, 3.63) is 29.3 Å². The van der Waals surface area contributed by atoms with Crippen LogP contribution in [0.2, 0.25) is 0 Å². The number of rotatable bonds is 3. The van der Waals surface area contributed by atoms with Crippen LogP contribution in [-0.4, -0.2) is 26.0 Å². The van der Waals surface area contributed by atoms with E-state index in [4.69, 9.17) is 4.74 Å². The first-order valence-corrected chi connectivity index (χ1v) is 5.25. The minimum absolute atomic E-state index is 0.130. The molecule has 0 aliphatic carbocycles. The zero-order valence-electron chi connectivity index (χ0n) is 8.88. The van der Waals surface area contributed by atoms with Crippen LogP contribution in [0.1, 0.15) is 22.3 Å². The molecule has 3 heteroatoms. The second kappa shape index (κ2) is 4.45. The van der Waals surface area contributed by atoms with E-state index in [1.165, 1.54) is 0 Å². The molecular formula is C12H15NO2. The fourth-order valence-corrected chi connectivity index (χ4v) is 1.80. The Morgan fingerprint density at radius 2 is 2.40 bits per heavy atom. The molecule has 0 saturated heterocycles. The van der Waals surface area contributed by atoms with Crippen LogP contribution >= 0.6 is 0 Å². The summed E-state index contributed by atoms with van der Waals surface area (Å²) in [5.74, 6) is 1.06. The predicted molar refractivity (Wildman–Crippen MR) is 58.5 cm³/mol. The van der Waals surface area contributed by atoms with E-state index in [1.54, 1.807) is 7.05 Å². The number of ketones is 1. The van der Waals surface area contributed by atoms with Crippen molar-refractivity contribution in [3.8, 4) is 5.75 Å². The van der Waals surface area contributed by atoms with Gasteiger partial charge in [0, 0.05) is 5.56 Å². The summed E-state index contributed by atoms with van der Waals surface area (Å²) in [7, 11) is 1.78. The third-order valence-electron chi connectivity index (χ3n) is 2.57. The van der Waals surface area contributed by atoms with Gasteiger partial charge in [-0.15, -0.1) is 0 Å². The first-order valence-electron chi connectivity index (χ1n) is 5.25. The van der Waals surface area contributed by atoms with E-state index in [1.807, 2.05) is 18.2 Å². The number of Topliss-reactive ketones (excluding diaryl/α,β-unsaturated/α-hetero) is 1. The largest absolute Gasteiger partial charge is 0.493 e. The van der Waals surface area contributed by atoms with Gasteiger partial charge in [-0.25, -0.2) is 0 Å². The van der Waals surface area contributed by atoms with Crippen LogP contribution < -0.4 is 10.1 Å². The van der Waals surface area contributed by atoms with Crippen molar-refractivity contribution < 1.29 is 9.53 Å². The Balaban J connectivity index is 2.24. The highest BCUT2D eigenvalue weighted by molar-refractivity contribution is 5.97. The number of hydrogen-bond acceptors (Lipinski definition) is 3. The van der Waals surface area contributed by atoms with Gasteiger partial charge in [0.1, 0.15) is 5.75 Å². The number of nitrogens with one attached hydrogen (secondary N) is 1. The van der Waals surface area contributed by atoms with Crippen LogP contribution in [0.25, 0.3) is 0 Å². The molecule has 80 valence electrons. The Morgan fingerprint density at radius 3 is 3.20 bits per heavy atom. The van der Waals surface area contributed by atoms with Crippen LogP contribution in [0.5, 0.6) is 5.75 Å². The number of likely N-dealkylation sites (N-methyl/N-ethyl adjacent to an activating group) is 1. The summed E-state index contributed by atoms with van der Waals surface area (Å²) in [6.07, 6.45) is 2.05. The zero-order chi connectivity index (χ0) is 10.7. The van der Waals surface area contributed by atoms with Gasteiger partial charge in [-0.05, 0) is 43.7 Å². The maximum Gasteiger partial charge on any atom is 0.176 e. The molecule has 0 unspecified atom stereocenters. The third-order valence-corrected chi connectivity index (χ3v) is 2.57. The van der Waals surface area contributed by atoms with E-state index in [0.29, 0.717) is 6.54 Å². The summed E-state index contributed by atoms with van der Waals surface area (Å²) < 4.78 is 5.49. The molecule has 1 aromatic carbocycles. The van der Waals surface area contributed by atoms with E-state index in [0.717, 1.165) is 36.3 Å². The Labute approximate surface area is 89.4 Å². The molecule has 0 bridgehead atoms. The number of fused-ring (bicyclic) bond motifs is 1. The maximum absolute atomic E-state index is 11.6. The molecule has 0 fully saturated rings. The van der Waals surface area contributed by atoms with Crippen molar-refractivity contribution in [2.45, 2.75) is 12.8 Å². The number of aryl methyl sites for hydroxylation is 1. The first-order chi connectivity index (χ1) is 7.31. The maximum atomic E-state index is 11.6. The van der Waals surface area contributed by atoms with Crippen molar-refractivity contribution in [1.29, 1.82) is 0 Å². The van der Waals surface area contributed by atoms with Gasteiger partial charge in [-0.2, -0.15) is 0 Å². The molecule has 0 aromatic heterocycles. The number of benzene rings is 1. The minimum Gasteiger partial charge on any atom is -0.493 e. The third kappa shape index (κ3) is 2.18. The molecule has 3 nitrogen and oxygen atoms in total. The van der Waals surface area contributed by atoms with E-state index < -0.39 is 0 Å². The molecule has 0 atom stereocenters. The summed E-state index contributed by atoms with van der Waals surface area (Å²) in [5, 5.41) is 2.87. The zero-order valence-corrected chi connectivity index (χ0v) is 8.88. The first kappa shape index (κ1) is 10.2. The van der Waals surface area contributed by atoms with Gasteiger partial charge < -0.3 is 10.1 Å². The van der Waals surface area contributed by atoms with Crippen molar-refractivity contribution in [2.24, 2.45) is 0 Å². The van der Waals surface area contributed by atoms with Crippen LogP contribution in [-0.2, 0) is 6.42 Å². The molecule has 1 N–H and O–H groups in total. The molecule has 2 rings (SSSR count). The van der Waals surface area contributed by atoms with Gasteiger partial charge >= 0.3 is 0 Å². The highest BCUT2D eigenvalue weighted by Gasteiger charge is 2.12. The quantitative estimate of drug-likeness (QED) is 0.758. The Bertz CT molecular complexity index is 374. The Morgan fingerprint density at radius 1 is 1.53 bits per heavy atom. The van der Waals surface area contributed by atoms with E-state index >= 15 is 0 Å². The van der Waals surface area contributed by atoms with Crippen molar-refractivity contribution >= 4 is 5.78 Å². The minimum atomic E-state index is 0.130. The van der Waals surface area contributed by atoms with E-state index in [2.05, 4.69) is 5.32 Å². The van der Waals surface area contributed by atoms with Gasteiger partial charge in [0.15, 0.2) is 5.78 Å². The van der Waals surface area contributed by atoms with Crippen molar-refractivity contribution in [3.63, 3.8) is 0 Å². The predicted octanol–water partition coefficient (Wildman–Crippen LogP) is 1.41. The normalized spacial score (nSPS) is 14.2. The average Bonchev–Trinajstić information content (AvgIpc) is 2.29. The average molecular weight is 205 g/mol. The molecule has 0 spiro atoms. The van der Waals surface area contributed by atoms with Gasteiger partial charge in [0.2, 0.25) is 0 Å². The van der Waals surface area contributed by atoms with Crippen LogP contribution in [0.3, 0.4) is 0 Å². The summed E-state index contributed by atoms with van der Waals surface area (Å²) >= 11 is 0. The number of carbonyl (C=O) groups is 1. The highest BCUT2D eigenvalue weighted by atomic mass is 16.5. The van der Waals surface area contributed by atoms with Crippen LogP contribution in [0.4, 0.5) is 0 Å². The fraction of sp³-hybridized carbons (Fsp3) is 0.417. The lowest BCUT2D eigenvalue weighted by Gasteiger charge is -2.17. The SMILES string of the molecule is CNCC(=O)c1ccc2c(c1)CCCO2. The molecule has 1 aliphatic heterocycles. The topological polar surface area (TPSA) is 38.3 Å². The van der Waals surface area contributed by atoms with Gasteiger partial charge in [-0.3, -0.25) is 4.79 Å². The molecule has 0 amide bonds. The molecule has 1 aromatic rings. The van der Waals surface area contributed by atoms with E-state index in [-0.39, 0.29) is 5.78 Å². The Kier molecular flexibility index (Phi) is 3.02. The van der Waals surface area contributed by atoms with Gasteiger partial charge in [0.25, 0.3) is 0 Å². The number of ether oxygens (including phenoxy) is 1. The molecule has 1 heterocycles. The highest BCUT2D eigenvalue weighted by Crippen LogP contribution is 2.25. The smallest absolute Gasteiger partial charge is 0.176 e. The Hall–Kier alpha value is -1.35. The standard InChI is InChI=1S/C12H15NO2/c1-13-8-11(14)9-4-5-12-10(7-9)3-2-6-15-12/h4-5,7,13H,2-3,6,8H2,1H3. The monoisotopic (exact) mass is 205 g/mol.